The molecule has 0 aromatic carbocycles. The number of carbonyl (C=O) groups is 1. The molecule has 2 N–H and O–H groups in total. The number of ether oxygens (including phenoxy) is 2. The van der Waals surface area contributed by atoms with Crippen LogP contribution in [0.5, 0.6) is 11.6 Å². The van der Waals surface area contributed by atoms with Gasteiger partial charge in [-0.1, -0.05) is 33.1 Å². The predicted molar refractivity (Wildman–Crippen MR) is 114 cm³/mol. The fourth-order valence-electron chi connectivity index (χ4n) is 2.64. The Morgan fingerprint density at radius 2 is 1.93 bits per heavy atom. The first-order valence-electron chi connectivity index (χ1n) is 10.2. The fourth-order valence-corrected chi connectivity index (χ4v) is 2.64. The van der Waals surface area contributed by atoms with Crippen molar-refractivity contribution < 1.29 is 14.3 Å². The van der Waals surface area contributed by atoms with Crippen LogP contribution in [0, 0.1) is 0 Å². The van der Waals surface area contributed by atoms with Crippen LogP contribution in [-0.2, 0) is 4.79 Å². The number of fused-ring (bicyclic) bond motifs is 1. The van der Waals surface area contributed by atoms with E-state index in [2.05, 4.69) is 20.3 Å². The number of nitrogens with zero attached hydrogens (tertiary/aromatic N) is 2. The van der Waals surface area contributed by atoms with Gasteiger partial charge >= 0.3 is 0 Å². The third kappa shape index (κ3) is 5.25. The van der Waals surface area contributed by atoms with Crippen molar-refractivity contribution in [2.45, 2.75) is 52.1 Å². The lowest BCUT2D eigenvalue weighted by atomic mass is 10.1. The minimum Gasteiger partial charge on any atom is -0.490 e. The van der Waals surface area contributed by atoms with Crippen LogP contribution < -0.4 is 14.8 Å². The quantitative estimate of drug-likeness (QED) is 0.576. The molecule has 0 saturated heterocycles. The maximum Gasteiger partial charge on any atom is 0.224 e. The molecule has 0 bridgehead atoms. The Hall–Kier alpha value is -3.09. The number of carbonyl (C=O) groups excluding carboxylic acids is 1. The van der Waals surface area contributed by atoms with Crippen molar-refractivity contribution in [2.75, 3.05) is 12.4 Å². The molecule has 2 aliphatic rings. The molecule has 0 atom stereocenters. The highest BCUT2D eigenvalue weighted by atomic mass is 16.5. The molecule has 0 aliphatic heterocycles. The van der Waals surface area contributed by atoms with Gasteiger partial charge in [-0.25, -0.2) is 9.97 Å². The van der Waals surface area contributed by atoms with Crippen molar-refractivity contribution >= 4 is 23.3 Å². The van der Waals surface area contributed by atoms with Crippen LogP contribution in [0.3, 0.4) is 0 Å². The molecule has 1 amide bonds. The number of anilines is 1. The van der Waals surface area contributed by atoms with Gasteiger partial charge in [-0.3, -0.25) is 4.79 Å². The largest absolute Gasteiger partial charge is 0.490 e. The molecule has 3 aromatic rings. The monoisotopic (exact) mass is 396 g/mol. The van der Waals surface area contributed by atoms with Gasteiger partial charge in [0.1, 0.15) is 17.2 Å². The topological polar surface area (TPSA) is 89.1 Å². The van der Waals surface area contributed by atoms with Gasteiger partial charge < -0.3 is 19.8 Å². The Bertz CT molecular complexity index is 946. The van der Waals surface area contributed by atoms with E-state index in [1.54, 1.807) is 19.4 Å². The molecule has 0 radical (unpaired) electrons. The zero-order valence-electron chi connectivity index (χ0n) is 17.2. The number of pyridine rings is 2. The molecule has 154 valence electrons. The summed E-state index contributed by atoms with van der Waals surface area (Å²) in [4.78, 5) is 22.4. The van der Waals surface area contributed by atoms with Gasteiger partial charge in [0, 0.05) is 23.3 Å². The molecule has 7 nitrogen and oxygen atoms in total. The number of H-pyrrole nitrogens is 1. The Morgan fingerprint density at radius 3 is 2.55 bits per heavy atom. The highest BCUT2D eigenvalue weighted by Gasteiger charge is 2.27. The molecule has 7 heteroatoms. The van der Waals surface area contributed by atoms with E-state index in [4.69, 9.17) is 9.47 Å². The van der Waals surface area contributed by atoms with E-state index in [1.807, 2.05) is 32.2 Å². The number of nitrogens with one attached hydrogen (secondary N) is 2. The van der Waals surface area contributed by atoms with Crippen LogP contribution in [0.1, 0.15) is 46.0 Å². The van der Waals surface area contributed by atoms with Crippen LogP contribution in [0.4, 0.5) is 5.82 Å². The molecule has 0 spiro atoms. The molecule has 0 unspecified atom stereocenters. The van der Waals surface area contributed by atoms with Crippen molar-refractivity contribution in [3.63, 3.8) is 0 Å². The Labute approximate surface area is 170 Å². The van der Waals surface area contributed by atoms with Gasteiger partial charge in [0.05, 0.1) is 18.8 Å². The minimum atomic E-state index is 0.266. The lowest BCUT2D eigenvalue weighted by Gasteiger charge is -2.13. The molecular formula is C22H28N4O3. The van der Waals surface area contributed by atoms with E-state index >= 15 is 0 Å². The Kier molecular flexibility index (Phi) is 7.05. The molecule has 3 heterocycles. The number of aromatic amines is 1. The van der Waals surface area contributed by atoms with Crippen LogP contribution in [0.15, 0.2) is 30.6 Å². The second-order valence-corrected chi connectivity index (χ2v) is 6.63. The van der Waals surface area contributed by atoms with Gasteiger partial charge in [-0.15, -0.1) is 0 Å². The summed E-state index contributed by atoms with van der Waals surface area (Å²) >= 11 is 0. The maximum absolute atomic E-state index is 10.6. The van der Waals surface area contributed by atoms with Crippen molar-refractivity contribution in [1.82, 2.24) is 15.0 Å². The highest BCUT2D eigenvalue weighted by Crippen LogP contribution is 2.42. The zero-order chi connectivity index (χ0) is 20.6. The van der Waals surface area contributed by atoms with E-state index in [-0.39, 0.29) is 6.10 Å². The average molecular weight is 396 g/mol. The third-order valence-corrected chi connectivity index (χ3v) is 4.26. The third-order valence-electron chi connectivity index (χ3n) is 4.26. The van der Waals surface area contributed by atoms with Crippen molar-refractivity contribution in [3.05, 3.63) is 30.6 Å². The minimum absolute atomic E-state index is 0.266. The average Bonchev–Trinajstić information content (AvgIpc) is 3.68. The van der Waals surface area contributed by atoms with Crippen molar-refractivity contribution in [2.24, 2.45) is 0 Å². The molecule has 5 rings (SSSR count). The summed E-state index contributed by atoms with van der Waals surface area (Å²) in [5, 5.41) is 3.44. The van der Waals surface area contributed by atoms with Crippen molar-refractivity contribution in [1.29, 1.82) is 0 Å². The standard InChI is InChI=1S/C17H16N4O3.C3H6.C2H6/c1-23-17-15(13(6-7-18-17)24-10-2-3-10)12-8-19-16-11(12)4-5-14(21-16)20-9-22;1-2-3-1;1-2/h4-10H,2-3H2,1H3,(H2,19,20,21,22);1-3H2;1-2H3. The molecule has 3 aromatic heterocycles. The number of aromatic nitrogens is 3. The van der Waals surface area contributed by atoms with Crippen LogP contribution in [0.25, 0.3) is 22.2 Å². The lowest BCUT2D eigenvalue weighted by Crippen LogP contribution is -2.00. The fraction of sp³-hybridized carbons (Fsp3) is 0.409. The number of methoxy groups -OCH3 is 1. The predicted octanol–water partition coefficient (Wildman–Crippen LogP) is 4.94. The van der Waals surface area contributed by atoms with E-state index in [9.17, 15) is 4.79 Å². The van der Waals surface area contributed by atoms with E-state index in [1.165, 1.54) is 19.3 Å². The lowest BCUT2D eigenvalue weighted by molar-refractivity contribution is -0.105. The first kappa shape index (κ1) is 20.6. The Morgan fingerprint density at radius 1 is 1.17 bits per heavy atom. The van der Waals surface area contributed by atoms with Crippen molar-refractivity contribution in [3.8, 4) is 22.8 Å². The number of hydrogen-bond donors (Lipinski definition) is 2. The summed E-state index contributed by atoms with van der Waals surface area (Å²) in [6.45, 7) is 4.00. The first-order chi connectivity index (χ1) is 14.3. The van der Waals surface area contributed by atoms with E-state index in [0.717, 1.165) is 35.1 Å². The van der Waals surface area contributed by atoms with Crippen LogP contribution in [0.2, 0.25) is 0 Å². The van der Waals surface area contributed by atoms with Gasteiger partial charge in [-0.05, 0) is 31.0 Å². The maximum atomic E-state index is 10.6. The molecule has 2 aliphatic carbocycles. The summed E-state index contributed by atoms with van der Waals surface area (Å²) in [6.07, 6.45) is 11.0. The summed E-state index contributed by atoms with van der Waals surface area (Å²) in [7, 11) is 1.59. The van der Waals surface area contributed by atoms with E-state index < -0.39 is 0 Å². The SMILES string of the molecule is C1CC1.CC.COc1nccc(OC2CC2)c1-c1c[nH]c2nc(NC=O)ccc12. The summed E-state index contributed by atoms with van der Waals surface area (Å²) in [6, 6.07) is 5.50. The van der Waals surface area contributed by atoms with Gasteiger partial charge in [0.2, 0.25) is 12.3 Å². The normalized spacial score (nSPS) is 14.0. The first-order valence-corrected chi connectivity index (χ1v) is 10.2. The number of rotatable bonds is 6. The van der Waals surface area contributed by atoms with Crippen LogP contribution in [-0.4, -0.2) is 34.6 Å². The zero-order valence-corrected chi connectivity index (χ0v) is 17.2. The summed E-state index contributed by atoms with van der Waals surface area (Å²) in [5.74, 6) is 1.74. The second-order valence-electron chi connectivity index (χ2n) is 6.63. The molecule has 2 fully saturated rings. The number of amides is 1. The summed E-state index contributed by atoms with van der Waals surface area (Å²) < 4.78 is 11.5. The van der Waals surface area contributed by atoms with Gasteiger partial charge in [0.25, 0.3) is 0 Å². The smallest absolute Gasteiger partial charge is 0.224 e. The number of hydrogen-bond acceptors (Lipinski definition) is 5. The second kappa shape index (κ2) is 9.91. The highest BCUT2D eigenvalue weighted by molar-refractivity contribution is 5.97. The van der Waals surface area contributed by atoms with Crippen LogP contribution >= 0.6 is 0 Å². The van der Waals surface area contributed by atoms with Gasteiger partial charge in [-0.2, -0.15) is 0 Å². The van der Waals surface area contributed by atoms with E-state index in [0.29, 0.717) is 23.8 Å². The molecular weight excluding hydrogens is 368 g/mol. The molecule has 29 heavy (non-hydrogen) atoms. The summed E-state index contributed by atoms with van der Waals surface area (Å²) in [5.41, 5.74) is 2.37. The van der Waals surface area contributed by atoms with Gasteiger partial charge in [0.15, 0.2) is 0 Å². The molecule has 2 saturated carbocycles. The Balaban J connectivity index is 0.000000430.